The number of nitrogens with one attached hydrogen (secondary N) is 1. The minimum Gasteiger partial charge on any atom is -0.313 e. The molecule has 19 heavy (non-hydrogen) atoms. The fraction of sp³-hybridized carbons (Fsp3) is 0.400. The molecule has 0 amide bonds. The standard InChI is InChI=1S/C15H20ClN3/c1-5-17-9-13-6-7-14(10(2)8-13)19-12(4)15(16)11(3)18-19/h6-8,17H,5,9H2,1-4H3. The van der Waals surface area contributed by atoms with E-state index in [0.717, 1.165) is 35.2 Å². The number of aryl methyl sites for hydroxylation is 2. The maximum Gasteiger partial charge on any atom is 0.0848 e. The van der Waals surface area contributed by atoms with Crippen molar-refractivity contribution in [2.75, 3.05) is 6.54 Å². The van der Waals surface area contributed by atoms with Gasteiger partial charge in [0.1, 0.15) is 0 Å². The van der Waals surface area contributed by atoms with Crippen molar-refractivity contribution in [3.8, 4) is 5.69 Å². The summed E-state index contributed by atoms with van der Waals surface area (Å²) in [5.74, 6) is 0. The Labute approximate surface area is 119 Å². The SMILES string of the molecule is CCNCc1ccc(-n2nc(C)c(Cl)c2C)c(C)c1. The molecule has 0 bridgehead atoms. The molecular weight excluding hydrogens is 258 g/mol. The number of halogens is 1. The van der Waals surface area contributed by atoms with E-state index in [0.29, 0.717) is 0 Å². The second-order valence-corrected chi connectivity index (χ2v) is 5.18. The summed E-state index contributed by atoms with van der Waals surface area (Å²) in [6.45, 7) is 10.0. The Morgan fingerprint density at radius 1 is 1.26 bits per heavy atom. The van der Waals surface area contributed by atoms with E-state index in [1.807, 2.05) is 18.5 Å². The van der Waals surface area contributed by atoms with Crippen molar-refractivity contribution in [3.63, 3.8) is 0 Å². The van der Waals surface area contributed by atoms with Crippen LogP contribution in [0.1, 0.15) is 29.4 Å². The van der Waals surface area contributed by atoms with E-state index in [9.17, 15) is 0 Å². The third-order valence-corrected chi connectivity index (χ3v) is 3.82. The third-order valence-electron chi connectivity index (χ3n) is 3.27. The molecule has 0 fully saturated rings. The lowest BCUT2D eigenvalue weighted by atomic mass is 10.1. The van der Waals surface area contributed by atoms with Gasteiger partial charge < -0.3 is 5.32 Å². The molecule has 1 heterocycles. The molecule has 0 radical (unpaired) electrons. The second kappa shape index (κ2) is 5.76. The Bertz CT molecular complexity index is 587. The number of hydrogen-bond donors (Lipinski definition) is 1. The van der Waals surface area contributed by atoms with Crippen LogP contribution in [0.15, 0.2) is 18.2 Å². The molecule has 0 aliphatic rings. The monoisotopic (exact) mass is 277 g/mol. The van der Waals surface area contributed by atoms with Crippen molar-refractivity contribution in [3.05, 3.63) is 45.7 Å². The van der Waals surface area contributed by atoms with Crippen LogP contribution in [0.3, 0.4) is 0 Å². The van der Waals surface area contributed by atoms with Gasteiger partial charge in [-0.25, -0.2) is 4.68 Å². The van der Waals surface area contributed by atoms with Gasteiger partial charge in [-0.1, -0.05) is 30.7 Å². The van der Waals surface area contributed by atoms with Gasteiger partial charge in [-0.2, -0.15) is 5.10 Å². The number of rotatable bonds is 4. The van der Waals surface area contributed by atoms with E-state index in [-0.39, 0.29) is 0 Å². The van der Waals surface area contributed by atoms with Crippen LogP contribution in [0.2, 0.25) is 5.02 Å². The predicted molar refractivity (Wildman–Crippen MR) is 80.2 cm³/mol. The zero-order valence-corrected chi connectivity index (χ0v) is 12.7. The van der Waals surface area contributed by atoms with Gasteiger partial charge >= 0.3 is 0 Å². The molecule has 0 aliphatic carbocycles. The summed E-state index contributed by atoms with van der Waals surface area (Å²) in [6.07, 6.45) is 0. The van der Waals surface area contributed by atoms with E-state index < -0.39 is 0 Å². The highest BCUT2D eigenvalue weighted by Crippen LogP contribution is 2.24. The van der Waals surface area contributed by atoms with Crippen LogP contribution in [0.4, 0.5) is 0 Å². The van der Waals surface area contributed by atoms with Crippen molar-refractivity contribution in [2.24, 2.45) is 0 Å². The van der Waals surface area contributed by atoms with E-state index in [4.69, 9.17) is 11.6 Å². The number of hydrogen-bond acceptors (Lipinski definition) is 2. The smallest absolute Gasteiger partial charge is 0.0848 e. The van der Waals surface area contributed by atoms with Crippen LogP contribution in [0.5, 0.6) is 0 Å². The Kier molecular flexibility index (Phi) is 4.27. The van der Waals surface area contributed by atoms with Crippen molar-refractivity contribution in [1.82, 2.24) is 15.1 Å². The molecule has 2 aromatic rings. The maximum atomic E-state index is 6.21. The highest BCUT2D eigenvalue weighted by Gasteiger charge is 2.12. The van der Waals surface area contributed by atoms with Crippen LogP contribution in [-0.4, -0.2) is 16.3 Å². The summed E-state index contributed by atoms with van der Waals surface area (Å²) in [5.41, 5.74) is 5.44. The molecule has 0 spiro atoms. The molecule has 1 aromatic carbocycles. The quantitative estimate of drug-likeness (QED) is 0.926. The van der Waals surface area contributed by atoms with Crippen molar-refractivity contribution >= 4 is 11.6 Å². The van der Waals surface area contributed by atoms with Crippen LogP contribution in [0.25, 0.3) is 5.69 Å². The Morgan fingerprint density at radius 2 is 2.00 bits per heavy atom. The topological polar surface area (TPSA) is 29.9 Å². The maximum absolute atomic E-state index is 6.21. The average molecular weight is 278 g/mol. The second-order valence-electron chi connectivity index (χ2n) is 4.80. The van der Waals surface area contributed by atoms with Gasteiger partial charge in [0, 0.05) is 6.54 Å². The molecule has 3 nitrogen and oxygen atoms in total. The minimum absolute atomic E-state index is 0.746. The highest BCUT2D eigenvalue weighted by molar-refractivity contribution is 6.31. The lowest BCUT2D eigenvalue weighted by Crippen LogP contribution is -2.12. The molecule has 102 valence electrons. The van der Waals surface area contributed by atoms with Crippen molar-refractivity contribution in [2.45, 2.75) is 34.2 Å². The van der Waals surface area contributed by atoms with E-state index in [2.05, 4.69) is 42.5 Å². The Hall–Kier alpha value is -1.32. The van der Waals surface area contributed by atoms with Crippen molar-refractivity contribution in [1.29, 1.82) is 0 Å². The third kappa shape index (κ3) is 2.82. The lowest BCUT2D eigenvalue weighted by molar-refractivity contribution is 0.725. The molecule has 0 saturated heterocycles. The molecule has 0 unspecified atom stereocenters. The zero-order chi connectivity index (χ0) is 14.0. The normalized spacial score (nSPS) is 11.0. The van der Waals surface area contributed by atoms with Gasteiger partial charge in [0.05, 0.1) is 22.1 Å². The first-order chi connectivity index (χ1) is 9.04. The molecule has 1 aromatic heterocycles. The van der Waals surface area contributed by atoms with Crippen LogP contribution in [0, 0.1) is 20.8 Å². The van der Waals surface area contributed by atoms with E-state index in [1.54, 1.807) is 0 Å². The molecule has 1 N–H and O–H groups in total. The van der Waals surface area contributed by atoms with Crippen molar-refractivity contribution < 1.29 is 0 Å². The predicted octanol–water partition coefficient (Wildman–Crippen LogP) is 3.56. The molecule has 0 aliphatic heterocycles. The van der Waals surface area contributed by atoms with Gasteiger partial charge in [-0.15, -0.1) is 0 Å². The fourth-order valence-electron chi connectivity index (χ4n) is 2.19. The van der Waals surface area contributed by atoms with E-state index in [1.165, 1.54) is 11.1 Å². The van der Waals surface area contributed by atoms with Gasteiger partial charge in [0.2, 0.25) is 0 Å². The molecule has 0 saturated carbocycles. The van der Waals surface area contributed by atoms with Crippen LogP contribution < -0.4 is 5.32 Å². The number of benzene rings is 1. The molecule has 2 rings (SSSR count). The summed E-state index contributed by atoms with van der Waals surface area (Å²) in [6, 6.07) is 6.44. The fourth-order valence-corrected chi connectivity index (χ4v) is 2.31. The Balaban J connectivity index is 2.37. The Morgan fingerprint density at radius 3 is 2.53 bits per heavy atom. The summed E-state index contributed by atoms with van der Waals surface area (Å²) >= 11 is 6.21. The zero-order valence-electron chi connectivity index (χ0n) is 11.9. The largest absolute Gasteiger partial charge is 0.313 e. The molecule has 0 atom stereocenters. The first-order valence-electron chi connectivity index (χ1n) is 6.57. The number of aromatic nitrogens is 2. The van der Waals surface area contributed by atoms with Crippen LogP contribution >= 0.6 is 11.6 Å². The minimum atomic E-state index is 0.746. The van der Waals surface area contributed by atoms with Gasteiger partial charge in [0.25, 0.3) is 0 Å². The summed E-state index contributed by atoms with van der Waals surface area (Å²) in [5, 5.41) is 8.58. The van der Waals surface area contributed by atoms with Gasteiger partial charge in [-0.3, -0.25) is 0 Å². The van der Waals surface area contributed by atoms with Gasteiger partial charge in [-0.05, 0) is 44.5 Å². The van der Waals surface area contributed by atoms with Gasteiger partial charge in [0.15, 0.2) is 0 Å². The first kappa shape index (κ1) is 14.1. The summed E-state index contributed by atoms with van der Waals surface area (Å²) < 4.78 is 1.92. The average Bonchev–Trinajstić information content (AvgIpc) is 2.64. The van der Waals surface area contributed by atoms with Crippen LogP contribution in [-0.2, 0) is 6.54 Å². The number of nitrogens with zero attached hydrogens (tertiary/aromatic N) is 2. The first-order valence-corrected chi connectivity index (χ1v) is 6.94. The van der Waals surface area contributed by atoms with E-state index >= 15 is 0 Å². The summed E-state index contributed by atoms with van der Waals surface area (Å²) in [7, 11) is 0. The highest BCUT2D eigenvalue weighted by atomic mass is 35.5. The molecular formula is C15H20ClN3. The lowest BCUT2D eigenvalue weighted by Gasteiger charge is -2.10. The summed E-state index contributed by atoms with van der Waals surface area (Å²) in [4.78, 5) is 0. The molecule has 4 heteroatoms.